The summed E-state index contributed by atoms with van der Waals surface area (Å²) in [5.74, 6) is 0.309. The Bertz CT molecular complexity index is 993. The van der Waals surface area contributed by atoms with Crippen LogP contribution in [0.25, 0.3) is 0 Å². The van der Waals surface area contributed by atoms with E-state index in [1.54, 1.807) is 30.2 Å². The lowest BCUT2D eigenvalue weighted by Crippen LogP contribution is -2.58. The summed E-state index contributed by atoms with van der Waals surface area (Å²) in [4.78, 5) is 50.9. The molecule has 0 spiro atoms. The number of fused-ring (bicyclic) bond motifs is 2. The van der Waals surface area contributed by atoms with Crippen LogP contribution in [0.1, 0.15) is 44.2 Å². The van der Waals surface area contributed by atoms with Crippen LogP contribution < -0.4 is 5.32 Å². The molecule has 1 unspecified atom stereocenters. The van der Waals surface area contributed by atoms with Crippen molar-refractivity contribution in [2.24, 2.45) is 10.9 Å². The maximum atomic E-state index is 13.2. The molecule has 1 aromatic rings. The monoisotopic (exact) mass is 427 g/mol. The van der Waals surface area contributed by atoms with Gasteiger partial charge in [-0.2, -0.15) is 4.99 Å². The number of hydrogen-bond donors (Lipinski definition) is 1. The molecule has 1 aromatic heterocycles. The van der Waals surface area contributed by atoms with Crippen LogP contribution in [0.3, 0.4) is 0 Å². The minimum Gasteiger partial charge on any atom is -0.337 e. The lowest BCUT2D eigenvalue weighted by Gasteiger charge is -2.41. The van der Waals surface area contributed by atoms with Gasteiger partial charge in [0.15, 0.2) is 5.13 Å². The third-order valence-electron chi connectivity index (χ3n) is 5.48. The fourth-order valence-electron chi connectivity index (χ4n) is 3.85. The third kappa shape index (κ3) is 3.81. The first-order valence-electron chi connectivity index (χ1n) is 10.1. The zero-order chi connectivity index (χ0) is 21.5. The average molecular weight is 428 g/mol. The largest absolute Gasteiger partial charge is 0.337 e. The second kappa shape index (κ2) is 7.79. The molecule has 0 bridgehead atoms. The molecular weight excluding hydrogens is 402 g/mol. The Morgan fingerprint density at radius 1 is 1.33 bits per heavy atom. The highest BCUT2D eigenvalue weighted by Gasteiger charge is 2.45. The lowest BCUT2D eigenvalue weighted by atomic mass is 9.91. The van der Waals surface area contributed by atoms with E-state index in [4.69, 9.17) is 0 Å². The minimum absolute atomic E-state index is 0.0108. The molecule has 1 N–H and O–H groups in total. The van der Waals surface area contributed by atoms with E-state index >= 15 is 0 Å². The number of carbonyl (C=O) groups excluding carboxylic acids is 3. The van der Waals surface area contributed by atoms with E-state index in [0.29, 0.717) is 42.8 Å². The molecule has 3 aliphatic heterocycles. The Hall–Kier alpha value is -2.81. The smallest absolute Gasteiger partial charge is 0.252 e. The van der Waals surface area contributed by atoms with E-state index in [1.165, 1.54) is 11.3 Å². The van der Waals surface area contributed by atoms with Gasteiger partial charge in [-0.15, -0.1) is 0 Å². The van der Waals surface area contributed by atoms with Gasteiger partial charge in [-0.3, -0.25) is 19.7 Å². The number of nitrogens with one attached hydrogen (secondary N) is 1. The van der Waals surface area contributed by atoms with Gasteiger partial charge >= 0.3 is 0 Å². The number of carbonyl (C=O) groups is 3. The Labute approximate surface area is 179 Å². The minimum atomic E-state index is -1.08. The summed E-state index contributed by atoms with van der Waals surface area (Å²) in [6.45, 7) is 6.98. The number of allylic oxidation sites excluding steroid dienone is 2. The Morgan fingerprint density at radius 3 is 2.90 bits per heavy atom. The molecule has 3 amide bonds. The molecule has 4 rings (SSSR count). The average Bonchev–Trinajstić information content (AvgIpc) is 3.08. The van der Waals surface area contributed by atoms with Crippen LogP contribution >= 0.6 is 11.3 Å². The highest BCUT2D eigenvalue weighted by molar-refractivity contribution is 7.15. The van der Waals surface area contributed by atoms with E-state index in [1.807, 2.05) is 24.8 Å². The van der Waals surface area contributed by atoms with Gasteiger partial charge in [0.1, 0.15) is 11.4 Å². The fourth-order valence-corrected chi connectivity index (χ4v) is 4.87. The number of amides is 3. The van der Waals surface area contributed by atoms with Crippen molar-refractivity contribution in [1.82, 2.24) is 14.8 Å². The van der Waals surface area contributed by atoms with Crippen molar-refractivity contribution in [3.63, 3.8) is 0 Å². The predicted octanol–water partition coefficient (Wildman–Crippen LogP) is 2.49. The number of thiazole rings is 1. The number of anilines is 1. The van der Waals surface area contributed by atoms with Crippen LogP contribution in [-0.2, 0) is 27.3 Å². The molecule has 3 aliphatic rings. The summed E-state index contributed by atoms with van der Waals surface area (Å²) in [5.41, 5.74) is -0.155. The molecule has 9 heteroatoms. The number of nitrogens with zero attached hydrogens (tertiary/aromatic N) is 4. The first-order valence-corrected chi connectivity index (χ1v) is 10.9. The maximum Gasteiger partial charge on any atom is 0.252 e. The molecule has 1 atom stereocenters. The van der Waals surface area contributed by atoms with E-state index in [0.717, 1.165) is 10.6 Å². The van der Waals surface area contributed by atoms with Gasteiger partial charge in [0.05, 0.1) is 18.7 Å². The summed E-state index contributed by atoms with van der Waals surface area (Å²) in [6, 6.07) is 0. The second-order valence-corrected chi connectivity index (χ2v) is 9.47. The van der Waals surface area contributed by atoms with Crippen molar-refractivity contribution in [1.29, 1.82) is 0 Å². The number of amidine groups is 1. The fraction of sp³-hybridized carbons (Fsp3) is 0.476. The number of aliphatic imine (C=N–C) groups is 1. The topological polar surface area (TPSA) is 95.0 Å². The van der Waals surface area contributed by atoms with Crippen LogP contribution in [0, 0.1) is 5.92 Å². The number of aromatic nitrogens is 1. The van der Waals surface area contributed by atoms with Crippen LogP contribution in [0.4, 0.5) is 5.13 Å². The van der Waals surface area contributed by atoms with Crippen molar-refractivity contribution in [3.05, 3.63) is 35.0 Å². The second-order valence-electron chi connectivity index (χ2n) is 8.39. The van der Waals surface area contributed by atoms with Gasteiger partial charge in [-0.25, -0.2) is 4.98 Å². The van der Waals surface area contributed by atoms with Crippen LogP contribution in [0.2, 0.25) is 0 Å². The van der Waals surface area contributed by atoms with Crippen molar-refractivity contribution in [2.45, 2.75) is 52.1 Å². The Morgan fingerprint density at radius 2 is 2.13 bits per heavy atom. The molecule has 158 valence electrons. The van der Waals surface area contributed by atoms with Gasteiger partial charge in [0, 0.05) is 30.5 Å². The summed E-state index contributed by atoms with van der Waals surface area (Å²) in [7, 11) is 0. The molecule has 0 radical (unpaired) electrons. The molecule has 30 heavy (non-hydrogen) atoms. The van der Waals surface area contributed by atoms with E-state index in [2.05, 4.69) is 15.3 Å². The SMILES string of the molecule is CC(C)CC(=O)N1CCc2nc(NC(=O)C3(C)CC(=O)N=C4C=CC=CN43)sc2C1. The van der Waals surface area contributed by atoms with E-state index in [-0.39, 0.29) is 24.1 Å². The summed E-state index contributed by atoms with van der Waals surface area (Å²) in [6.07, 6.45) is 8.27. The van der Waals surface area contributed by atoms with Crippen LogP contribution in [0.5, 0.6) is 0 Å². The summed E-state index contributed by atoms with van der Waals surface area (Å²) < 4.78 is 0. The van der Waals surface area contributed by atoms with Crippen molar-refractivity contribution >= 4 is 40.0 Å². The van der Waals surface area contributed by atoms with Crippen molar-refractivity contribution in [3.8, 4) is 0 Å². The lowest BCUT2D eigenvalue weighted by molar-refractivity contribution is -0.132. The summed E-state index contributed by atoms with van der Waals surface area (Å²) >= 11 is 1.39. The molecule has 0 saturated carbocycles. The standard InChI is InChI=1S/C21H25N5O3S/c1-13(2)10-18(28)25-9-7-14-15(12-25)30-20(22-14)24-19(29)21(3)11-17(27)23-16-6-4-5-8-26(16)21/h4-6,8,13H,7,9-12H2,1-3H3,(H,22,24,29). The first kappa shape index (κ1) is 20.5. The Balaban J connectivity index is 1.49. The van der Waals surface area contributed by atoms with E-state index in [9.17, 15) is 14.4 Å². The number of hydrogen-bond acceptors (Lipinski definition) is 6. The predicted molar refractivity (Wildman–Crippen MR) is 115 cm³/mol. The molecule has 0 aliphatic carbocycles. The Kier molecular flexibility index (Phi) is 5.31. The van der Waals surface area contributed by atoms with Gasteiger partial charge in [-0.05, 0) is 25.0 Å². The normalized spacial score (nSPS) is 22.7. The highest BCUT2D eigenvalue weighted by atomic mass is 32.1. The van der Waals surface area contributed by atoms with Gasteiger partial charge in [0.25, 0.3) is 11.8 Å². The van der Waals surface area contributed by atoms with E-state index < -0.39 is 5.54 Å². The van der Waals surface area contributed by atoms with Gasteiger partial charge < -0.3 is 9.80 Å². The molecule has 4 heterocycles. The molecule has 0 fully saturated rings. The zero-order valence-corrected chi connectivity index (χ0v) is 18.2. The molecule has 0 aromatic carbocycles. The van der Waals surface area contributed by atoms with Crippen molar-refractivity contribution in [2.75, 3.05) is 11.9 Å². The molecular formula is C21H25N5O3S. The number of rotatable bonds is 4. The maximum absolute atomic E-state index is 13.2. The van der Waals surface area contributed by atoms with Gasteiger partial charge in [0.2, 0.25) is 5.91 Å². The first-order chi connectivity index (χ1) is 14.3. The highest BCUT2D eigenvalue weighted by Crippen LogP contribution is 2.32. The van der Waals surface area contributed by atoms with Crippen LogP contribution in [-0.4, -0.2) is 50.4 Å². The third-order valence-corrected chi connectivity index (χ3v) is 6.48. The molecule has 0 saturated heterocycles. The molecule has 8 nitrogen and oxygen atoms in total. The van der Waals surface area contributed by atoms with Crippen LogP contribution in [0.15, 0.2) is 29.4 Å². The zero-order valence-electron chi connectivity index (χ0n) is 17.3. The van der Waals surface area contributed by atoms with Gasteiger partial charge in [-0.1, -0.05) is 31.3 Å². The quantitative estimate of drug-likeness (QED) is 0.797. The summed E-state index contributed by atoms with van der Waals surface area (Å²) in [5, 5.41) is 3.40. The van der Waals surface area contributed by atoms with Crippen molar-refractivity contribution < 1.29 is 14.4 Å².